The van der Waals surface area contributed by atoms with Crippen LogP contribution in [0.1, 0.15) is 72.1 Å². The fourth-order valence-corrected chi connectivity index (χ4v) is 11.2. The largest absolute Gasteiger partial charge is 0.128 e. The molecule has 0 spiro atoms. The molecule has 31 heavy (non-hydrogen) atoms. The summed E-state index contributed by atoms with van der Waals surface area (Å²) in [5, 5.41) is 3.19. The van der Waals surface area contributed by atoms with Crippen LogP contribution in [0.25, 0.3) is 0 Å². The maximum atomic E-state index is 2.70. The van der Waals surface area contributed by atoms with Crippen LogP contribution in [0.4, 0.5) is 0 Å². The zero-order valence-corrected chi connectivity index (χ0v) is 21.0. The molecule has 0 N–H and O–H groups in total. The molecule has 1 saturated carbocycles. The van der Waals surface area contributed by atoms with E-state index in [-0.39, 0.29) is 0 Å². The molecular weight excluding hydrogens is 388 g/mol. The van der Waals surface area contributed by atoms with Crippen LogP contribution >= 0.6 is 0 Å². The van der Waals surface area contributed by atoms with E-state index in [4.69, 9.17) is 0 Å². The van der Waals surface area contributed by atoms with Crippen LogP contribution in [0.3, 0.4) is 0 Å². The van der Waals surface area contributed by atoms with Crippen LogP contribution in [0.2, 0.25) is 11.6 Å². The molecule has 0 bridgehead atoms. The van der Waals surface area contributed by atoms with Gasteiger partial charge in [0.25, 0.3) is 0 Å². The predicted octanol–water partition coefficient (Wildman–Crippen LogP) is 7.91. The van der Waals surface area contributed by atoms with Crippen LogP contribution in [0.15, 0.2) is 84.5 Å². The standard InChI is InChI=1S/C30H42Si/c1-4-6-9-18-30(24-23-27-16-14-15-17-27)31(25-26(3)5-2,28-19-10-7-11-20-28)29-21-12-8-13-22-29/h5,7-8,10-13,19-24,27,30H,4,6,9,14-18,25H2,1-3H3/b24-23+,26-5-. The predicted molar refractivity (Wildman–Crippen MR) is 141 cm³/mol. The molecule has 0 amide bonds. The van der Waals surface area contributed by atoms with Crippen molar-refractivity contribution in [2.75, 3.05) is 0 Å². The highest BCUT2D eigenvalue weighted by Crippen LogP contribution is 2.36. The molecular formula is C30H42Si. The Balaban J connectivity index is 2.14. The maximum absolute atomic E-state index is 2.70. The second-order valence-electron chi connectivity index (χ2n) is 9.55. The van der Waals surface area contributed by atoms with E-state index in [1.165, 1.54) is 63.0 Å². The van der Waals surface area contributed by atoms with Gasteiger partial charge in [-0.05, 0) is 50.6 Å². The average Bonchev–Trinajstić information content (AvgIpc) is 3.34. The quantitative estimate of drug-likeness (QED) is 0.193. The van der Waals surface area contributed by atoms with Crippen LogP contribution in [-0.2, 0) is 0 Å². The van der Waals surface area contributed by atoms with E-state index in [2.05, 4.69) is 99.7 Å². The van der Waals surface area contributed by atoms with Crippen molar-refractivity contribution in [3.05, 3.63) is 84.5 Å². The van der Waals surface area contributed by atoms with Gasteiger partial charge in [-0.15, -0.1) is 0 Å². The Morgan fingerprint density at radius 1 is 0.935 bits per heavy atom. The minimum absolute atomic E-state index is 0.638. The molecule has 2 aromatic carbocycles. The van der Waals surface area contributed by atoms with Gasteiger partial charge < -0.3 is 0 Å². The lowest BCUT2D eigenvalue weighted by molar-refractivity contribution is 0.653. The number of hydrogen-bond acceptors (Lipinski definition) is 0. The lowest BCUT2D eigenvalue weighted by Gasteiger charge is -2.40. The molecule has 1 aliphatic rings. The monoisotopic (exact) mass is 430 g/mol. The van der Waals surface area contributed by atoms with Gasteiger partial charge in [0, 0.05) is 0 Å². The third-order valence-electron chi connectivity index (χ3n) is 7.40. The maximum Gasteiger partial charge on any atom is 0.128 e. The first-order chi connectivity index (χ1) is 15.2. The van der Waals surface area contributed by atoms with Crippen molar-refractivity contribution in [1.29, 1.82) is 0 Å². The number of benzene rings is 2. The molecule has 1 aliphatic carbocycles. The number of rotatable bonds is 11. The molecule has 2 aromatic rings. The minimum atomic E-state index is -2.04. The zero-order valence-electron chi connectivity index (χ0n) is 20.0. The highest BCUT2D eigenvalue weighted by atomic mass is 28.3. The fourth-order valence-electron chi connectivity index (χ4n) is 5.51. The Morgan fingerprint density at radius 3 is 2.03 bits per heavy atom. The van der Waals surface area contributed by atoms with Crippen molar-refractivity contribution in [1.82, 2.24) is 0 Å². The van der Waals surface area contributed by atoms with Crippen molar-refractivity contribution in [2.45, 2.75) is 83.7 Å². The Kier molecular flexibility index (Phi) is 9.40. The molecule has 0 heterocycles. The molecule has 3 rings (SSSR count). The highest BCUT2D eigenvalue weighted by molar-refractivity contribution is 7.04. The van der Waals surface area contributed by atoms with Gasteiger partial charge in [0.05, 0.1) is 0 Å². The molecule has 1 fully saturated rings. The lowest BCUT2D eigenvalue weighted by atomic mass is 10.1. The average molecular weight is 431 g/mol. The summed E-state index contributed by atoms with van der Waals surface area (Å²) >= 11 is 0. The van der Waals surface area contributed by atoms with Gasteiger partial charge in [-0.2, -0.15) is 0 Å². The summed E-state index contributed by atoms with van der Waals surface area (Å²) in [6, 6.07) is 24.3. The Hall–Kier alpha value is -1.86. The second kappa shape index (κ2) is 12.2. The third-order valence-corrected chi connectivity index (χ3v) is 13.0. The molecule has 0 nitrogen and oxygen atoms in total. The summed E-state index contributed by atoms with van der Waals surface area (Å²) in [7, 11) is -2.04. The summed E-state index contributed by atoms with van der Waals surface area (Å²) < 4.78 is 0. The van der Waals surface area contributed by atoms with Crippen LogP contribution in [-0.4, -0.2) is 8.07 Å². The summed E-state index contributed by atoms with van der Waals surface area (Å²) in [6.07, 6.45) is 18.5. The molecule has 0 aromatic heterocycles. The number of unbranched alkanes of at least 4 members (excludes halogenated alkanes) is 2. The molecule has 0 saturated heterocycles. The molecule has 0 aliphatic heterocycles. The van der Waals surface area contributed by atoms with Gasteiger partial charge in [0.2, 0.25) is 0 Å². The van der Waals surface area contributed by atoms with E-state index in [0.717, 1.165) is 5.92 Å². The van der Waals surface area contributed by atoms with Crippen molar-refractivity contribution in [3.63, 3.8) is 0 Å². The molecule has 1 heteroatoms. The SMILES string of the molecule is C/C=C(/C)C[Si](c1ccccc1)(c1ccccc1)C(/C=C/C1CCCC1)CCCCC. The Morgan fingerprint density at radius 2 is 1.52 bits per heavy atom. The lowest BCUT2D eigenvalue weighted by Crippen LogP contribution is -2.61. The molecule has 1 unspecified atom stereocenters. The van der Waals surface area contributed by atoms with Crippen LogP contribution < -0.4 is 10.4 Å². The smallest absolute Gasteiger partial charge is 0.0890 e. The minimum Gasteiger partial charge on any atom is -0.0890 e. The van der Waals surface area contributed by atoms with Gasteiger partial charge in [0.15, 0.2) is 0 Å². The van der Waals surface area contributed by atoms with Gasteiger partial charge >= 0.3 is 0 Å². The van der Waals surface area contributed by atoms with Crippen molar-refractivity contribution in [2.24, 2.45) is 5.92 Å². The number of allylic oxidation sites excluding steroid dienone is 4. The van der Waals surface area contributed by atoms with Crippen molar-refractivity contribution >= 4 is 18.4 Å². The Bertz CT molecular complexity index is 773. The topological polar surface area (TPSA) is 0 Å². The van der Waals surface area contributed by atoms with E-state index in [0.29, 0.717) is 5.54 Å². The zero-order chi connectivity index (χ0) is 21.9. The van der Waals surface area contributed by atoms with E-state index in [9.17, 15) is 0 Å². The summed E-state index contributed by atoms with van der Waals surface area (Å²) in [6.45, 7) is 6.88. The van der Waals surface area contributed by atoms with E-state index in [1.807, 2.05) is 0 Å². The Labute approximate surface area is 192 Å². The first kappa shape index (κ1) is 23.8. The van der Waals surface area contributed by atoms with Gasteiger partial charge in [0.1, 0.15) is 8.07 Å². The van der Waals surface area contributed by atoms with Crippen LogP contribution in [0, 0.1) is 5.92 Å². The van der Waals surface area contributed by atoms with Crippen LogP contribution in [0.5, 0.6) is 0 Å². The normalized spacial score (nSPS) is 16.8. The van der Waals surface area contributed by atoms with Gasteiger partial charge in [-0.3, -0.25) is 0 Å². The summed E-state index contributed by atoms with van der Waals surface area (Å²) in [5.41, 5.74) is 2.17. The second-order valence-corrected chi connectivity index (χ2v) is 13.7. The van der Waals surface area contributed by atoms with E-state index in [1.54, 1.807) is 10.4 Å². The third kappa shape index (κ3) is 6.10. The van der Waals surface area contributed by atoms with Crippen molar-refractivity contribution < 1.29 is 0 Å². The first-order valence-electron chi connectivity index (χ1n) is 12.6. The fraction of sp³-hybridized carbons (Fsp3) is 0.467. The molecule has 0 radical (unpaired) electrons. The molecule has 166 valence electrons. The first-order valence-corrected chi connectivity index (χ1v) is 14.9. The van der Waals surface area contributed by atoms with Gasteiger partial charge in [-0.1, -0.05) is 134 Å². The summed E-state index contributed by atoms with van der Waals surface area (Å²) in [4.78, 5) is 0. The number of hydrogen-bond donors (Lipinski definition) is 0. The van der Waals surface area contributed by atoms with Gasteiger partial charge in [-0.25, -0.2) is 0 Å². The van der Waals surface area contributed by atoms with Crippen molar-refractivity contribution in [3.8, 4) is 0 Å². The summed E-state index contributed by atoms with van der Waals surface area (Å²) in [5.74, 6) is 0.801. The van der Waals surface area contributed by atoms with E-state index >= 15 is 0 Å². The molecule has 1 atom stereocenters. The van der Waals surface area contributed by atoms with E-state index < -0.39 is 8.07 Å². The highest BCUT2D eigenvalue weighted by Gasteiger charge is 2.43.